The molecule has 0 radical (unpaired) electrons. The van der Waals surface area contributed by atoms with E-state index in [9.17, 15) is 4.79 Å². The third-order valence-electron chi connectivity index (χ3n) is 4.55. The first-order valence-electron chi connectivity index (χ1n) is 8.96. The summed E-state index contributed by atoms with van der Waals surface area (Å²) in [5.74, 6) is 1.46. The molecule has 1 amide bonds. The zero-order valence-corrected chi connectivity index (χ0v) is 15.7. The normalized spacial score (nSPS) is 17.7. The highest BCUT2D eigenvalue weighted by atomic mass is 32.2. The van der Waals surface area contributed by atoms with Crippen LogP contribution in [-0.4, -0.2) is 48.9 Å². The predicted molar refractivity (Wildman–Crippen MR) is 99.3 cm³/mol. The number of carbonyl (C=O) groups is 1. The van der Waals surface area contributed by atoms with Gasteiger partial charge in [0.2, 0.25) is 5.91 Å². The number of hydrogen-bond acceptors (Lipinski definition) is 5. The quantitative estimate of drug-likeness (QED) is 0.741. The number of aromatic nitrogens is 4. The summed E-state index contributed by atoms with van der Waals surface area (Å²) in [6.07, 6.45) is 7.94. The Balaban J connectivity index is 1.72. The second-order valence-corrected chi connectivity index (χ2v) is 7.36. The van der Waals surface area contributed by atoms with Crippen LogP contribution in [0.4, 0.5) is 0 Å². The average Bonchev–Trinajstić information content (AvgIpc) is 3.04. The number of piperidine rings is 1. The molecular formula is C18H25N5OS. The Morgan fingerprint density at radius 2 is 2.08 bits per heavy atom. The minimum absolute atomic E-state index is 0.203. The largest absolute Gasteiger partial charge is 0.339 e. The SMILES string of the molecule is CCCn1c(SCC(=O)N2CCCC[C@@H]2C)nnc1-c1ccncc1. The molecule has 1 aliphatic heterocycles. The van der Waals surface area contributed by atoms with E-state index in [1.807, 2.05) is 17.0 Å². The minimum atomic E-state index is 0.203. The van der Waals surface area contributed by atoms with Crippen LogP contribution in [-0.2, 0) is 11.3 Å². The van der Waals surface area contributed by atoms with Crippen molar-refractivity contribution >= 4 is 17.7 Å². The zero-order valence-electron chi connectivity index (χ0n) is 14.9. The van der Waals surface area contributed by atoms with Crippen LogP contribution < -0.4 is 0 Å². The van der Waals surface area contributed by atoms with Gasteiger partial charge in [0.05, 0.1) is 5.75 Å². The number of pyridine rings is 1. The molecule has 7 heteroatoms. The number of thioether (sulfide) groups is 1. The molecule has 134 valence electrons. The van der Waals surface area contributed by atoms with Gasteiger partial charge in [-0.25, -0.2) is 0 Å². The fourth-order valence-electron chi connectivity index (χ4n) is 3.21. The van der Waals surface area contributed by atoms with E-state index in [4.69, 9.17) is 0 Å². The van der Waals surface area contributed by atoms with E-state index in [-0.39, 0.29) is 5.91 Å². The molecular weight excluding hydrogens is 334 g/mol. The van der Waals surface area contributed by atoms with E-state index in [0.29, 0.717) is 11.8 Å². The summed E-state index contributed by atoms with van der Waals surface area (Å²) in [4.78, 5) is 18.6. The highest BCUT2D eigenvalue weighted by Gasteiger charge is 2.24. The van der Waals surface area contributed by atoms with Gasteiger partial charge in [0.25, 0.3) is 0 Å². The Morgan fingerprint density at radius 1 is 1.28 bits per heavy atom. The van der Waals surface area contributed by atoms with Crippen LogP contribution in [0.5, 0.6) is 0 Å². The first-order chi connectivity index (χ1) is 12.2. The lowest BCUT2D eigenvalue weighted by Crippen LogP contribution is -2.43. The minimum Gasteiger partial charge on any atom is -0.339 e. The summed E-state index contributed by atoms with van der Waals surface area (Å²) >= 11 is 1.49. The number of rotatable bonds is 6. The van der Waals surface area contributed by atoms with E-state index in [1.165, 1.54) is 18.2 Å². The summed E-state index contributed by atoms with van der Waals surface area (Å²) in [7, 11) is 0. The van der Waals surface area contributed by atoms with Gasteiger partial charge in [-0.3, -0.25) is 9.78 Å². The van der Waals surface area contributed by atoms with Crippen LogP contribution in [0.3, 0.4) is 0 Å². The van der Waals surface area contributed by atoms with Gasteiger partial charge in [0, 0.05) is 37.1 Å². The molecule has 0 spiro atoms. The number of amides is 1. The molecule has 0 aliphatic carbocycles. The van der Waals surface area contributed by atoms with E-state index in [0.717, 1.165) is 48.9 Å². The van der Waals surface area contributed by atoms with Crippen LogP contribution in [0, 0.1) is 0 Å². The van der Waals surface area contributed by atoms with Gasteiger partial charge in [-0.05, 0) is 44.7 Å². The molecule has 1 fully saturated rings. The molecule has 0 N–H and O–H groups in total. The molecule has 2 aromatic heterocycles. The summed E-state index contributed by atoms with van der Waals surface area (Å²) in [6.45, 7) is 5.99. The Labute approximate surface area is 153 Å². The first kappa shape index (κ1) is 17.9. The highest BCUT2D eigenvalue weighted by molar-refractivity contribution is 7.99. The molecule has 3 rings (SSSR count). The maximum atomic E-state index is 12.6. The van der Waals surface area contributed by atoms with E-state index < -0.39 is 0 Å². The highest BCUT2D eigenvalue weighted by Crippen LogP contribution is 2.25. The molecule has 1 saturated heterocycles. The molecule has 1 atom stereocenters. The molecule has 0 unspecified atom stereocenters. The van der Waals surface area contributed by atoms with Gasteiger partial charge in [0.15, 0.2) is 11.0 Å². The predicted octanol–water partition coefficient (Wildman–Crippen LogP) is 3.24. The fourth-order valence-corrected chi connectivity index (χ4v) is 4.06. The Kier molecular flexibility index (Phi) is 6.07. The van der Waals surface area contributed by atoms with Crippen molar-refractivity contribution in [1.29, 1.82) is 0 Å². The van der Waals surface area contributed by atoms with Crippen molar-refractivity contribution in [1.82, 2.24) is 24.6 Å². The fraction of sp³-hybridized carbons (Fsp3) is 0.556. The molecule has 1 aliphatic rings. The number of likely N-dealkylation sites (tertiary alicyclic amines) is 1. The third kappa shape index (κ3) is 4.21. The van der Waals surface area contributed by atoms with Crippen molar-refractivity contribution in [3.63, 3.8) is 0 Å². The van der Waals surface area contributed by atoms with Gasteiger partial charge < -0.3 is 9.47 Å². The maximum absolute atomic E-state index is 12.6. The lowest BCUT2D eigenvalue weighted by atomic mass is 10.0. The van der Waals surface area contributed by atoms with Crippen molar-refractivity contribution in [2.75, 3.05) is 12.3 Å². The Hall–Kier alpha value is -1.89. The maximum Gasteiger partial charge on any atom is 0.233 e. The Bertz CT molecular complexity index is 703. The van der Waals surface area contributed by atoms with E-state index in [1.54, 1.807) is 12.4 Å². The van der Waals surface area contributed by atoms with Gasteiger partial charge in [-0.2, -0.15) is 0 Å². The smallest absolute Gasteiger partial charge is 0.233 e. The van der Waals surface area contributed by atoms with Crippen molar-refractivity contribution in [2.45, 2.75) is 57.3 Å². The van der Waals surface area contributed by atoms with E-state index >= 15 is 0 Å². The standard InChI is InChI=1S/C18H25N5OS/c1-3-11-23-17(15-7-9-19-10-8-15)20-21-18(23)25-13-16(24)22-12-5-4-6-14(22)2/h7-10,14H,3-6,11-13H2,1-2H3/t14-/m0/s1. The summed E-state index contributed by atoms with van der Waals surface area (Å²) in [5, 5.41) is 9.49. The summed E-state index contributed by atoms with van der Waals surface area (Å²) in [6, 6.07) is 4.22. The monoisotopic (exact) mass is 359 g/mol. The van der Waals surface area contributed by atoms with Crippen LogP contribution in [0.2, 0.25) is 0 Å². The molecule has 0 saturated carbocycles. The van der Waals surface area contributed by atoms with Gasteiger partial charge >= 0.3 is 0 Å². The molecule has 25 heavy (non-hydrogen) atoms. The second kappa shape index (κ2) is 8.47. The average molecular weight is 359 g/mol. The number of hydrogen-bond donors (Lipinski definition) is 0. The van der Waals surface area contributed by atoms with Crippen molar-refractivity contribution < 1.29 is 4.79 Å². The van der Waals surface area contributed by atoms with Gasteiger partial charge in [0.1, 0.15) is 0 Å². The first-order valence-corrected chi connectivity index (χ1v) is 9.95. The number of nitrogens with zero attached hydrogens (tertiary/aromatic N) is 5. The lowest BCUT2D eigenvalue weighted by molar-refractivity contribution is -0.131. The topological polar surface area (TPSA) is 63.9 Å². The van der Waals surface area contributed by atoms with Crippen LogP contribution in [0.1, 0.15) is 39.5 Å². The number of carbonyl (C=O) groups excluding carboxylic acids is 1. The molecule has 3 heterocycles. The van der Waals surface area contributed by atoms with Crippen molar-refractivity contribution in [2.24, 2.45) is 0 Å². The van der Waals surface area contributed by atoms with Gasteiger partial charge in [-0.1, -0.05) is 18.7 Å². The van der Waals surface area contributed by atoms with Gasteiger partial charge in [-0.15, -0.1) is 10.2 Å². The van der Waals surface area contributed by atoms with Crippen LogP contribution in [0.25, 0.3) is 11.4 Å². The summed E-state index contributed by atoms with van der Waals surface area (Å²) in [5.41, 5.74) is 0.999. The zero-order chi connectivity index (χ0) is 17.6. The Morgan fingerprint density at radius 3 is 2.80 bits per heavy atom. The molecule has 2 aromatic rings. The third-order valence-corrected chi connectivity index (χ3v) is 5.50. The molecule has 0 bridgehead atoms. The lowest BCUT2D eigenvalue weighted by Gasteiger charge is -2.33. The van der Waals surface area contributed by atoms with Crippen molar-refractivity contribution in [3.8, 4) is 11.4 Å². The molecule has 6 nitrogen and oxygen atoms in total. The second-order valence-electron chi connectivity index (χ2n) is 6.41. The molecule has 0 aromatic carbocycles. The summed E-state index contributed by atoms with van der Waals surface area (Å²) < 4.78 is 2.10. The van der Waals surface area contributed by atoms with Crippen LogP contribution >= 0.6 is 11.8 Å². The van der Waals surface area contributed by atoms with E-state index in [2.05, 4.69) is 33.6 Å². The van der Waals surface area contributed by atoms with Crippen molar-refractivity contribution in [3.05, 3.63) is 24.5 Å². The van der Waals surface area contributed by atoms with Crippen LogP contribution in [0.15, 0.2) is 29.7 Å².